The second kappa shape index (κ2) is 15.5. The fourth-order valence-corrected chi connectivity index (χ4v) is 10.2. The Kier molecular flexibility index (Phi) is 9.50. The molecule has 2 heterocycles. The summed E-state index contributed by atoms with van der Waals surface area (Å²) < 4.78 is 2.33. The smallest absolute Gasteiger partial charge is 0.235 e. The van der Waals surface area contributed by atoms with E-state index >= 15 is 0 Å². The summed E-state index contributed by atoms with van der Waals surface area (Å²) in [5.74, 6) is 0.657. The molecule has 2 aromatic heterocycles. The average Bonchev–Trinajstić information content (AvgIpc) is 3.80. The number of hydrogen-bond acceptors (Lipinski definition) is 2. The van der Waals surface area contributed by atoms with Crippen molar-refractivity contribution < 1.29 is 0 Å². The molecule has 0 bridgehead atoms. The van der Waals surface area contributed by atoms with Crippen LogP contribution in [0.15, 0.2) is 194 Å². The lowest BCUT2D eigenvalue weighted by Crippen LogP contribution is -2.16. The summed E-state index contributed by atoms with van der Waals surface area (Å²) in [4.78, 5) is 10.8. The summed E-state index contributed by atoms with van der Waals surface area (Å²) in [6.07, 6.45) is 8.21. The monoisotopic (exact) mass is 811 g/mol. The highest BCUT2D eigenvalue weighted by molar-refractivity contribution is 6.21. The lowest BCUT2D eigenvalue weighted by Gasteiger charge is -2.24. The predicted octanol–water partition coefficient (Wildman–Crippen LogP) is 16.4. The largest absolute Gasteiger partial charge is 0.277 e. The molecule has 304 valence electrons. The minimum atomic E-state index is 0.000311. The highest BCUT2D eigenvalue weighted by Crippen LogP contribution is 2.51. The minimum Gasteiger partial charge on any atom is -0.277 e. The Balaban J connectivity index is 0.00000144. The maximum atomic E-state index is 5.46. The van der Waals surface area contributed by atoms with Crippen molar-refractivity contribution in [2.24, 2.45) is 0 Å². The van der Waals surface area contributed by atoms with Gasteiger partial charge >= 0.3 is 0 Å². The zero-order valence-electron chi connectivity index (χ0n) is 36.4. The number of benzene rings is 8. The van der Waals surface area contributed by atoms with Gasteiger partial charge in [0, 0.05) is 38.1 Å². The summed E-state index contributed by atoms with van der Waals surface area (Å²) in [5.41, 5.74) is 18.1. The van der Waals surface area contributed by atoms with E-state index < -0.39 is 0 Å². The first kappa shape index (κ1) is 38.6. The Labute approximate surface area is 369 Å². The SMILES string of the molecule is CC1(C)C2=C(CCC=C2)c2ccc(-c3cccc(-c4cccc(-c5cccc6c7ccc8ccccc8c7n(-c7nc(-c8ccccc8)c8ccccc8n7)c56)c4)c3)cc21.CCC. The second-order valence-corrected chi connectivity index (χ2v) is 17.6. The zero-order chi connectivity index (χ0) is 42.7. The van der Waals surface area contributed by atoms with Crippen LogP contribution in [0.4, 0.5) is 0 Å². The first-order valence-electron chi connectivity index (χ1n) is 22.5. The molecule has 0 saturated carbocycles. The van der Waals surface area contributed by atoms with E-state index in [4.69, 9.17) is 9.97 Å². The van der Waals surface area contributed by atoms with Crippen molar-refractivity contribution in [1.82, 2.24) is 14.5 Å². The standard InChI is InChI=1S/C57H41N3.C3H8/c1-57(2)50-27-10-8-23-45(50)46-31-30-41(35-51(46)57)39-19-12-18-38(33-39)40-20-13-21-42(34-40)44-25-14-26-47-48-32-29-36-15-6-7-22-43(36)54(48)60(55(44)47)56-58-52-28-11-9-24-49(52)53(59-56)37-16-4-3-5-17-37;1-3-2/h3-7,9-22,24-35H,8,23H2,1-2H3;3H2,1-2H3. The van der Waals surface area contributed by atoms with E-state index in [1.807, 2.05) is 0 Å². The maximum Gasteiger partial charge on any atom is 0.235 e. The minimum absolute atomic E-state index is 0.000311. The van der Waals surface area contributed by atoms with E-state index in [9.17, 15) is 0 Å². The highest BCUT2D eigenvalue weighted by Gasteiger charge is 2.37. The van der Waals surface area contributed by atoms with Gasteiger partial charge in [-0.2, -0.15) is 0 Å². The van der Waals surface area contributed by atoms with E-state index in [2.05, 4.69) is 220 Å². The van der Waals surface area contributed by atoms with Crippen LogP contribution in [0, 0.1) is 0 Å². The van der Waals surface area contributed by atoms with Crippen molar-refractivity contribution >= 4 is 49.1 Å². The third-order valence-corrected chi connectivity index (χ3v) is 13.1. The van der Waals surface area contributed by atoms with Gasteiger partial charge in [0.05, 0.1) is 22.2 Å². The first-order chi connectivity index (χ1) is 30.9. The number of aromatic nitrogens is 3. The molecule has 10 aromatic rings. The van der Waals surface area contributed by atoms with Crippen LogP contribution in [0.2, 0.25) is 0 Å². The summed E-state index contributed by atoms with van der Waals surface area (Å²) >= 11 is 0. The van der Waals surface area contributed by atoms with Gasteiger partial charge in [0.25, 0.3) is 0 Å². The zero-order valence-corrected chi connectivity index (χ0v) is 36.4. The Morgan fingerprint density at radius 3 is 1.92 bits per heavy atom. The molecule has 0 aliphatic heterocycles. The van der Waals surface area contributed by atoms with Crippen molar-refractivity contribution in [1.29, 1.82) is 0 Å². The van der Waals surface area contributed by atoms with Crippen LogP contribution < -0.4 is 0 Å². The molecule has 12 rings (SSSR count). The second-order valence-electron chi connectivity index (χ2n) is 17.6. The molecule has 0 radical (unpaired) electrons. The number of hydrogen-bond donors (Lipinski definition) is 0. The van der Waals surface area contributed by atoms with Crippen molar-refractivity contribution in [3.05, 3.63) is 205 Å². The molecule has 3 nitrogen and oxygen atoms in total. The van der Waals surface area contributed by atoms with Gasteiger partial charge in [0.15, 0.2) is 0 Å². The van der Waals surface area contributed by atoms with E-state index in [0.29, 0.717) is 5.95 Å². The Morgan fingerprint density at radius 1 is 0.508 bits per heavy atom. The maximum absolute atomic E-state index is 5.46. The molecular weight excluding hydrogens is 763 g/mol. The van der Waals surface area contributed by atoms with Crippen molar-refractivity contribution in [3.8, 4) is 50.6 Å². The Hall–Kier alpha value is -7.36. The normalized spacial score (nSPS) is 14.0. The van der Waals surface area contributed by atoms with E-state index in [1.54, 1.807) is 0 Å². The highest BCUT2D eigenvalue weighted by atomic mass is 15.2. The molecule has 0 fully saturated rings. The molecule has 0 amide bonds. The molecule has 63 heavy (non-hydrogen) atoms. The predicted molar refractivity (Wildman–Crippen MR) is 267 cm³/mol. The molecule has 2 aliphatic rings. The van der Waals surface area contributed by atoms with Gasteiger partial charge in [-0.1, -0.05) is 198 Å². The molecule has 3 heteroatoms. The van der Waals surface area contributed by atoms with Crippen molar-refractivity contribution in [3.63, 3.8) is 0 Å². The van der Waals surface area contributed by atoms with Crippen LogP contribution in [0.1, 0.15) is 58.1 Å². The fourth-order valence-electron chi connectivity index (χ4n) is 10.2. The van der Waals surface area contributed by atoms with Crippen LogP contribution in [-0.2, 0) is 5.41 Å². The van der Waals surface area contributed by atoms with Crippen LogP contribution in [0.3, 0.4) is 0 Å². The van der Waals surface area contributed by atoms with Gasteiger partial charge in [-0.25, -0.2) is 9.97 Å². The lowest BCUT2D eigenvalue weighted by molar-refractivity contribution is 0.651. The topological polar surface area (TPSA) is 30.7 Å². The summed E-state index contributed by atoms with van der Waals surface area (Å²) in [6.45, 7) is 9.01. The van der Waals surface area contributed by atoms with Crippen molar-refractivity contribution in [2.75, 3.05) is 0 Å². The van der Waals surface area contributed by atoms with E-state index in [0.717, 1.165) is 57.2 Å². The number of rotatable bonds is 5. The van der Waals surface area contributed by atoms with Gasteiger partial charge in [0.1, 0.15) is 0 Å². The molecular formula is C60H49N3. The molecule has 8 aromatic carbocycles. The summed E-state index contributed by atoms with van der Waals surface area (Å²) in [5, 5.41) is 5.73. The van der Waals surface area contributed by atoms with Crippen LogP contribution in [-0.4, -0.2) is 14.5 Å². The summed E-state index contributed by atoms with van der Waals surface area (Å²) in [7, 11) is 0. The van der Waals surface area contributed by atoms with Gasteiger partial charge in [-0.05, 0) is 92.6 Å². The van der Waals surface area contributed by atoms with Gasteiger partial charge < -0.3 is 0 Å². The third kappa shape index (κ3) is 6.41. The van der Waals surface area contributed by atoms with Gasteiger partial charge in [-0.3, -0.25) is 4.57 Å². The Bertz CT molecular complexity index is 3470. The molecule has 0 N–H and O–H groups in total. The first-order valence-corrected chi connectivity index (χ1v) is 22.5. The molecule has 0 unspecified atom stereocenters. The van der Waals surface area contributed by atoms with Crippen molar-refractivity contribution in [2.45, 2.75) is 52.4 Å². The van der Waals surface area contributed by atoms with Crippen LogP contribution in [0.25, 0.3) is 99.6 Å². The van der Waals surface area contributed by atoms with Crippen LogP contribution in [0.5, 0.6) is 0 Å². The van der Waals surface area contributed by atoms with Crippen LogP contribution >= 0.6 is 0 Å². The average molecular weight is 812 g/mol. The fraction of sp³-hybridized carbons (Fsp3) is 0.133. The summed E-state index contributed by atoms with van der Waals surface area (Å²) in [6, 6.07) is 63.9. The number of para-hydroxylation sites is 2. The quantitative estimate of drug-likeness (QED) is 0.173. The number of allylic oxidation sites excluding steroid dienone is 4. The molecule has 2 aliphatic carbocycles. The van der Waals surface area contributed by atoms with Gasteiger partial charge in [0.2, 0.25) is 5.95 Å². The molecule has 0 saturated heterocycles. The van der Waals surface area contributed by atoms with Gasteiger partial charge in [-0.15, -0.1) is 0 Å². The molecule has 0 spiro atoms. The third-order valence-electron chi connectivity index (χ3n) is 13.1. The number of nitrogens with zero attached hydrogens (tertiary/aromatic N) is 3. The molecule has 0 atom stereocenters. The Morgan fingerprint density at radius 2 is 1.13 bits per heavy atom. The van der Waals surface area contributed by atoms with E-state index in [-0.39, 0.29) is 5.41 Å². The van der Waals surface area contributed by atoms with E-state index in [1.165, 1.54) is 72.5 Å². The number of fused-ring (bicyclic) bond motifs is 8. The lowest BCUT2D eigenvalue weighted by atomic mass is 9.79.